The van der Waals surface area contributed by atoms with Crippen LogP contribution in [0.3, 0.4) is 0 Å². The van der Waals surface area contributed by atoms with Gasteiger partial charge in [0, 0.05) is 11.9 Å². The molecule has 1 aromatic carbocycles. The molecule has 0 fully saturated rings. The van der Waals surface area contributed by atoms with Gasteiger partial charge in [0.25, 0.3) is 0 Å². The first-order valence-electron chi connectivity index (χ1n) is 4.90. The molecule has 0 aliphatic carbocycles. The van der Waals surface area contributed by atoms with Crippen LogP contribution in [0, 0.1) is 6.92 Å². The van der Waals surface area contributed by atoms with Gasteiger partial charge in [0.15, 0.2) is 0 Å². The molecule has 0 aliphatic heterocycles. The van der Waals surface area contributed by atoms with E-state index >= 15 is 0 Å². The largest absolute Gasteiger partial charge is 0.396 e. The molecule has 1 aromatic heterocycles. The lowest BCUT2D eigenvalue weighted by Gasteiger charge is -2.12. The predicted molar refractivity (Wildman–Crippen MR) is 70.8 cm³/mol. The van der Waals surface area contributed by atoms with E-state index in [9.17, 15) is 0 Å². The van der Waals surface area contributed by atoms with Crippen LogP contribution in [0.15, 0.2) is 41.1 Å². The van der Waals surface area contributed by atoms with E-state index in [0.717, 1.165) is 15.8 Å². The zero-order chi connectivity index (χ0) is 11.5. The Kier molecular flexibility index (Phi) is 3.10. The van der Waals surface area contributed by atoms with Crippen molar-refractivity contribution >= 4 is 33.0 Å². The minimum Gasteiger partial charge on any atom is -0.396 e. The summed E-state index contributed by atoms with van der Waals surface area (Å²) in [5.74, 6) is 0. The number of rotatable bonds is 2. The molecule has 16 heavy (non-hydrogen) atoms. The number of nitrogens with one attached hydrogen (secondary N) is 1. The molecule has 2 rings (SSSR count). The molecule has 1 heterocycles. The number of nitrogens with zero attached hydrogens (tertiary/aromatic N) is 1. The third-order valence-corrected chi connectivity index (χ3v) is 2.93. The SMILES string of the molecule is Cc1ccccc1Nc1c(N)cncc1Br. The standard InChI is InChI=1S/C12H12BrN3/c1-8-4-2-3-5-11(8)16-12-9(13)6-15-7-10(12)14/h2-7H,14H2,1H3,(H,15,16). The number of hydrogen-bond donors (Lipinski definition) is 2. The van der Waals surface area contributed by atoms with Gasteiger partial charge in [-0.25, -0.2) is 0 Å². The molecular formula is C12H12BrN3. The fourth-order valence-electron chi connectivity index (χ4n) is 1.43. The predicted octanol–water partition coefficient (Wildman–Crippen LogP) is 3.48. The number of benzene rings is 1. The summed E-state index contributed by atoms with van der Waals surface area (Å²) in [5, 5.41) is 3.30. The molecule has 0 unspecified atom stereocenters. The van der Waals surface area contributed by atoms with E-state index in [2.05, 4.69) is 26.2 Å². The smallest absolute Gasteiger partial charge is 0.0794 e. The first-order chi connectivity index (χ1) is 7.68. The van der Waals surface area contributed by atoms with Gasteiger partial charge >= 0.3 is 0 Å². The molecule has 0 saturated carbocycles. The topological polar surface area (TPSA) is 50.9 Å². The highest BCUT2D eigenvalue weighted by atomic mass is 79.9. The fraction of sp³-hybridized carbons (Fsp3) is 0.0833. The number of pyridine rings is 1. The van der Waals surface area contributed by atoms with E-state index < -0.39 is 0 Å². The van der Waals surface area contributed by atoms with E-state index in [4.69, 9.17) is 5.73 Å². The van der Waals surface area contributed by atoms with Crippen LogP contribution in [0.25, 0.3) is 0 Å². The quantitative estimate of drug-likeness (QED) is 0.884. The molecule has 82 valence electrons. The summed E-state index contributed by atoms with van der Waals surface area (Å²) in [4.78, 5) is 4.00. The molecule has 3 nitrogen and oxygen atoms in total. The number of hydrogen-bond acceptors (Lipinski definition) is 3. The Bertz CT molecular complexity index is 491. The highest BCUT2D eigenvalue weighted by molar-refractivity contribution is 9.10. The summed E-state index contributed by atoms with van der Waals surface area (Å²) >= 11 is 3.42. The second kappa shape index (κ2) is 4.53. The second-order valence-electron chi connectivity index (χ2n) is 3.53. The van der Waals surface area contributed by atoms with Crippen molar-refractivity contribution in [2.24, 2.45) is 0 Å². The number of aromatic nitrogens is 1. The Labute approximate surface area is 103 Å². The van der Waals surface area contributed by atoms with Crippen LogP contribution in [-0.4, -0.2) is 4.98 Å². The molecule has 0 atom stereocenters. The first-order valence-corrected chi connectivity index (χ1v) is 5.69. The Morgan fingerprint density at radius 3 is 2.69 bits per heavy atom. The molecule has 0 saturated heterocycles. The third kappa shape index (κ3) is 2.17. The maximum atomic E-state index is 5.86. The van der Waals surface area contributed by atoms with Gasteiger partial charge in [-0.3, -0.25) is 4.98 Å². The zero-order valence-corrected chi connectivity index (χ0v) is 10.5. The van der Waals surface area contributed by atoms with Crippen LogP contribution in [0.4, 0.5) is 17.1 Å². The molecular weight excluding hydrogens is 266 g/mol. The van der Waals surface area contributed by atoms with Crippen LogP contribution < -0.4 is 11.1 Å². The van der Waals surface area contributed by atoms with Crippen LogP contribution in [0.5, 0.6) is 0 Å². The van der Waals surface area contributed by atoms with Crippen molar-refractivity contribution in [2.45, 2.75) is 6.92 Å². The summed E-state index contributed by atoms with van der Waals surface area (Å²) in [6.07, 6.45) is 3.35. The van der Waals surface area contributed by atoms with Crippen LogP contribution >= 0.6 is 15.9 Å². The van der Waals surface area contributed by atoms with Crippen molar-refractivity contribution in [1.82, 2.24) is 4.98 Å². The number of anilines is 3. The number of aryl methyl sites for hydroxylation is 1. The molecule has 0 aliphatic rings. The highest BCUT2D eigenvalue weighted by Gasteiger charge is 2.05. The van der Waals surface area contributed by atoms with E-state index in [1.807, 2.05) is 31.2 Å². The van der Waals surface area contributed by atoms with Crippen molar-refractivity contribution in [3.63, 3.8) is 0 Å². The Morgan fingerprint density at radius 2 is 2.00 bits per heavy atom. The Hall–Kier alpha value is -1.55. The van der Waals surface area contributed by atoms with Gasteiger partial charge in [-0.1, -0.05) is 18.2 Å². The lowest BCUT2D eigenvalue weighted by Crippen LogP contribution is -1.99. The van der Waals surface area contributed by atoms with Gasteiger partial charge in [-0.2, -0.15) is 0 Å². The number of nitrogens with two attached hydrogens (primary N) is 1. The minimum absolute atomic E-state index is 0.623. The zero-order valence-electron chi connectivity index (χ0n) is 8.87. The summed E-state index contributed by atoms with van der Waals surface area (Å²) in [5.41, 5.74) is 9.55. The first kappa shape index (κ1) is 11.0. The maximum absolute atomic E-state index is 5.86. The summed E-state index contributed by atoms with van der Waals surface area (Å²) < 4.78 is 0.857. The molecule has 0 bridgehead atoms. The van der Waals surface area contributed by atoms with Crippen molar-refractivity contribution in [2.75, 3.05) is 11.1 Å². The van der Waals surface area contributed by atoms with Crippen LogP contribution in [0.1, 0.15) is 5.56 Å². The normalized spacial score (nSPS) is 10.1. The average Bonchev–Trinajstić information content (AvgIpc) is 2.26. The molecule has 0 spiro atoms. The van der Waals surface area contributed by atoms with E-state index in [-0.39, 0.29) is 0 Å². The van der Waals surface area contributed by atoms with E-state index in [0.29, 0.717) is 5.69 Å². The van der Waals surface area contributed by atoms with E-state index in [1.54, 1.807) is 12.4 Å². The lowest BCUT2D eigenvalue weighted by molar-refractivity contribution is 1.30. The van der Waals surface area contributed by atoms with Crippen LogP contribution in [-0.2, 0) is 0 Å². The van der Waals surface area contributed by atoms with Gasteiger partial charge in [0.2, 0.25) is 0 Å². The van der Waals surface area contributed by atoms with Gasteiger partial charge < -0.3 is 11.1 Å². The van der Waals surface area contributed by atoms with Crippen LogP contribution in [0.2, 0.25) is 0 Å². The Balaban J connectivity index is 2.38. The number of halogens is 1. The van der Waals surface area contributed by atoms with Crippen molar-refractivity contribution in [3.05, 3.63) is 46.7 Å². The molecule has 0 radical (unpaired) electrons. The average molecular weight is 278 g/mol. The van der Waals surface area contributed by atoms with Gasteiger partial charge in [-0.15, -0.1) is 0 Å². The number of para-hydroxylation sites is 1. The van der Waals surface area contributed by atoms with Gasteiger partial charge in [0.1, 0.15) is 0 Å². The molecule has 0 amide bonds. The monoisotopic (exact) mass is 277 g/mol. The molecule has 4 heteroatoms. The third-order valence-electron chi connectivity index (χ3n) is 2.33. The summed E-state index contributed by atoms with van der Waals surface area (Å²) in [6, 6.07) is 8.06. The molecule has 2 aromatic rings. The maximum Gasteiger partial charge on any atom is 0.0794 e. The van der Waals surface area contributed by atoms with Crippen molar-refractivity contribution in [1.29, 1.82) is 0 Å². The minimum atomic E-state index is 0.623. The van der Waals surface area contributed by atoms with Crippen molar-refractivity contribution in [3.8, 4) is 0 Å². The van der Waals surface area contributed by atoms with Gasteiger partial charge in [0.05, 0.1) is 22.0 Å². The Morgan fingerprint density at radius 1 is 1.25 bits per heavy atom. The van der Waals surface area contributed by atoms with Crippen molar-refractivity contribution < 1.29 is 0 Å². The second-order valence-corrected chi connectivity index (χ2v) is 4.38. The fourth-order valence-corrected chi connectivity index (χ4v) is 1.88. The van der Waals surface area contributed by atoms with Gasteiger partial charge in [-0.05, 0) is 34.5 Å². The van der Waals surface area contributed by atoms with E-state index in [1.165, 1.54) is 5.56 Å². The molecule has 3 N–H and O–H groups in total. The number of nitrogen functional groups attached to an aromatic ring is 1. The highest BCUT2D eigenvalue weighted by Crippen LogP contribution is 2.31. The lowest BCUT2D eigenvalue weighted by atomic mass is 10.2. The summed E-state index contributed by atoms with van der Waals surface area (Å²) in [7, 11) is 0. The summed E-state index contributed by atoms with van der Waals surface area (Å²) in [6.45, 7) is 2.05.